The van der Waals surface area contributed by atoms with Crippen molar-refractivity contribution in [3.05, 3.63) is 101 Å². The van der Waals surface area contributed by atoms with E-state index in [1.807, 2.05) is 60.7 Å². The number of methoxy groups -OCH3 is 1. The van der Waals surface area contributed by atoms with Crippen LogP contribution in [0.4, 0.5) is 11.6 Å². The zero-order chi connectivity index (χ0) is 24.4. The number of nitrogens with zero attached hydrogens (tertiary/aromatic N) is 3. The number of nitrogen functional groups attached to an aromatic ring is 1. The zero-order valence-electron chi connectivity index (χ0n) is 19.2. The summed E-state index contributed by atoms with van der Waals surface area (Å²) in [5.74, 6) is 0.628. The molecular formula is C27H23N5O2S. The molecule has 35 heavy (non-hydrogen) atoms. The van der Waals surface area contributed by atoms with Gasteiger partial charge >= 0.3 is 0 Å². The Hall–Kier alpha value is -4.30. The molecule has 0 fully saturated rings. The molecule has 0 atom stereocenters. The molecule has 2 aromatic heterocycles. The van der Waals surface area contributed by atoms with Gasteiger partial charge in [-0.15, -0.1) is 0 Å². The van der Waals surface area contributed by atoms with Gasteiger partial charge in [-0.1, -0.05) is 42.5 Å². The highest BCUT2D eigenvalue weighted by Crippen LogP contribution is 2.33. The molecule has 0 aliphatic carbocycles. The topological polar surface area (TPSA) is 95.1 Å². The second-order valence-electron chi connectivity index (χ2n) is 7.93. The van der Waals surface area contributed by atoms with Gasteiger partial charge in [0.05, 0.1) is 23.7 Å². The van der Waals surface area contributed by atoms with Gasteiger partial charge in [0, 0.05) is 16.7 Å². The molecule has 7 nitrogen and oxygen atoms in total. The van der Waals surface area contributed by atoms with Crippen LogP contribution in [0.25, 0.3) is 27.7 Å². The highest BCUT2D eigenvalue weighted by atomic mass is 32.2. The fraction of sp³-hybridized carbons (Fsp3) is 0.0741. The van der Waals surface area contributed by atoms with Gasteiger partial charge in [-0.05, 0) is 66.4 Å². The van der Waals surface area contributed by atoms with Gasteiger partial charge in [0.2, 0.25) is 11.8 Å². The Labute approximate surface area is 206 Å². The normalized spacial score (nSPS) is 10.9. The standard InChI is InChI=1S/C27H23N5O2S/c1-17-8-6-7-11-24(17)35-31-23-15-19(16-29-25(23)34-2)18-12-13-22-21(14-18)26(33)32(27(28)30-22)20-9-4-3-5-10-20/h3-16,31H,1-2H3,(H2,28,30). The Bertz CT molecular complexity index is 1580. The molecule has 8 heteroatoms. The molecule has 0 radical (unpaired) electrons. The van der Waals surface area contributed by atoms with Gasteiger partial charge in [-0.3, -0.25) is 4.79 Å². The predicted octanol–water partition coefficient (Wildman–Crippen LogP) is 5.47. The van der Waals surface area contributed by atoms with Crippen molar-refractivity contribution >= 4 is 34.5 Å². The summed E-state index contributed by atoms with van der Waals surface area (Å²) in [6, 6.07) is 24.9. The van der Waals surface area contributed by atoms with E-state index in [0.29, 0.717) is 22.5 Å². The number of anilines is 2. The third-order valence-electron chi connectivity index (χ3n) is 5.65. The number of ether oxygens (including phenoxy) is 1. The van der Waals surface area contributed by atoms with Gasteiger partial charge < -0.3 is 15.2 Å². The fourth-order valence-corrected chi connectivity index (χ4v) is 4.58. The molecule has 0 bridgehead atoms. The molecule has 5 aromatic rings. The number of hydrogen-bond donors (Lipinski definition) is 2. The summed E-state index contributed by atoms with van der Waals surface area (Å²) in [5.41, 5.74) is 10.7. The first-order valence-corrected chi connectivity index (χ1v) is 11.8. The Morgan fingerprint density at radius 3 is 2.51 bits per heavy atom. The molecule has 3 N–H and O–H groups in total. The quantitative estimate of drug-likeness (QED) is 0.311. The number of hydrogen-bond acceptors (Lipinski definition) is 7. The van der Waals surface area contributed by atoms with Crippen LogP contribution >= 0.6 is 11.9 Å². The maximum atomic E-state index is 13.4. The monoisotopic (exact) mass is 481 g/mol. The first-order chi connectivity index (χ1) is 17.0. The van der Waals surface area contributed by atoms with E-state index in [4.69, 9.17) is 10.5 Å². The van der Waals surface area contributed by atoms with Crippen molar-refractivity contribution in [2.45, 2.75) is 11.8 Å². The van der Waals surface area contributed by atoms with Crippen LogP contribution in [0.3, 0.4) is 0 Å². The summed E-state index contributed by atoms with van der Waals surface area (Å²) in [6.45, 7) is 2.06. The number of aromatic nitrogens is 3. The third-order valence-corrected chi connectivity index (χ3v) is 6.65. The van der Waals surface area contributed by atoms with E-state index >= 15 is 0 Å². The summed E-state index contributed by atoms with van der Waals surface area (Å²) >= 11 is 1.49. The highest BCUT2D eigenvalue weighted by molar-refractivity contribution is 8.00. The molecule has 5 rings (SSSR count). The minimum absolute atomic E-state index is 0.146. The lowest BCUT2D eigenvalue weighted by Crippen LogP contribution is -2.23. The maximum Gasteiger partial charge on any atom is 0.267 e. The summed E-state index contributed by atoms with van der Waals surface area (Å²) in [7, 11) is 1.59. The lowest BCUT2D eigenvalue weighted by Gasteiger charge is -2.13. The Balaban J connectivity index is 1.55. The van der Waals surface area contributed by atoms with Crippen LogP contribution in [0, 0.1) is 6.92 Å². The van der Waals surface area contributed by atoms with Crippen molar-refractivity contribution < 1.29 is 4.74 Å². The third kappa shape index (κ3) is 4.43. The van der Waals surface area contributed by atoms with E-state index in [1.54, 1.807) is 19.4 Å². The maximum absolute atomic E-state index is 13.4. The van der Waals surface area contributed by atoms with Crippen LogP contribution in [-0.2, 0) is 0 Å². The van der Waals surface area contributed by atoms with E-state index in [2.05, 4.69) is 33.7 Å². The van der Waals surface area contributed by atoms with E-state index in [1.165, 1.54) is 22.1 Å². The Kier molecular flexibility index (Phi) is 6.12. The van der Waals surface area contributed by atoms with E-state index in [9.17, 15) is 4.79 Å². The zero-order valence-corrected chi connectivity index (χ0v) is 20.0. The summed E-state index contributed by atoms with van der Waals surface area (Å²) in [5, 5.41) is 0.472. The number of benzene rings is 3. The summed E-state index contributed by atoms with van der Waals surface area (Å²) in [6.07, 6.45) is 1.73. The van der Waals surface area contributed by atoms with E-state index in [0.717, 1.165) is 21.7 Å². The molecule has 0 aliphatic heterocycles. The number of aryl methyl sites for hydroxylation is 1. The van der Waals surface area contributed by atoms with Crippen molar-refractivity contribution in [1.29, 1.82) is 0 Å². The molecule has 0 saturated heterocycles. The summed E-state index contributed by atoms with van der Waals surface area (Å²) < 4.78 is 10.2. The van der Waals surface area contributed by atoms with Crippen LogP contribution in [0.1, 0.15) is 5.56 Å². The van der Waals surface area contributed by atoms with Crippen molar-refractivity contribution in [3.8, 4) is 22.7 Å². The molecule has 0 unspecified atom stereocenters. The number of fused-ring (bicyclic) bond motifs is 1. The molecule has 174 valence electrons. The van der Waals surface area contributed by atoms with Gasteiger partial charge in [0.15, 0.2) is 0 Å². The Morgan fingerprint density at radius 1 is 0.971 bits per heavy atom. The Morgan fingerprint density at radius 2 is 1.74 bits per heavy atom. The van der Waals surface area contributed by atoms with Crippen molar-refractivity contribution in [1.82, 2.24) is 14.5 Å². The van der Waals surface area contributed by atoms with Crippen LogP contribution in [0.15, 0.2) is 94.7 Å². The molecule has 0 spiro atoms. The van der Waals surface area contributed by atoms with Crippen LogP contribution in [-0.4, -0.2) is 21.6 Å². The second kappa shape index (κ2) is 9.52. The first-order valence-electron chi connectivity index (χ1n) is 11.0. The number of nitrogens with two attached hydrogens (primary N) is 1. The molecule has 2 heterocycles. The SMILES string of the molecule is COc1ncc(-c2ccc3nc(N)n(-c4ccccc4)c(=O)c3c2)cc1NSc1ccccc1C. The van der Waals surface area contributed by atoms with E-state index in [-0.39, 0.29) is 11.5 Å². The second-order valence-corrected chi connectivity index (χ2v) is 8.78. The van der Waals surface area contributed by atoms with Crippen LogP contribution in [0.5, 0.6) is 5.88 Å². The minimum atomic E-state index is -0.226. The van der Waals surface area contributed by atoms with Gasteiger partial charge in [-0.25, -0.2) is 14.5 Å². The predicted molar refractivity (Wildman–Crippen MR) is 142 cm³/mol. The summed E-state index contributed by atoms with van der Waals surface area (Å²) in [4.78, 5) is 23.4. The lowest BCUT2D eigenvalue weighted by molar-refractivity contribution is 0.400. The number of para-hydroxylation sites is 1. The fourth-order valence-electron chi connectivity index (χ4n) is 3.84. The van der Waals surface area contributed by atoms with Crippen molar-refractivity contribution in [2.24, 2.45) is 0 Å². The first kappa shape index (κ1) is 22.5. The molecular weight excluding hydrogens is 458 g/mol. The van der Waals surface area contributed by atoms with Gasteiger partial charge in [0.1, 0.15) is 5.69 Å². The van der Waals surface area contributed by atoms with Crippen LogP contribution in [0.2, 0.25) is 0 Å². The molecule has 0 saturated carbocycles. The number of pyridine rings is 1. The van der Waals surface area contributed by atoms with Gasteiger partial charge in [-0.2, -0.15) is 0 Å². The largest absolute Gasteiger partial charge is 0.480 e. The van der Waals surface area contributed by atoms with Crippen molar-refractivity contribution in [2.75, 3.05) is 17.6 Å². The molecule has 0 aliphatic rings. The van der Waals surface area contributed by atoms with Crippen LogP contribution < -0.4 is 20.8 Å². The molecule has 3 aromatic carbocycles. The van der Waals surface area contributed by atoms with E-state index < -0.39 is 0 Å². The lowest BCUT2D eigenvalue weighted by atomic mass is 10.0. The van der Waals surface area contributed by atoms with Gasteiger partial charge in [0.25, 0.3) is 5.56 Å². The smallest absolute Gasteiger partial charge is 0.267 e. The average molecular weight is 482 g/mol. The number of nitrogens with one attached hydrogen (secondary N) is 1. The highest BCUT2D eigenvalue weighted by Gasteiger charge is 2.13. The minimum Gasteiger partial charge on any atom is -0.480 e. The average Bonchev–Trinajstić information content (AvgIpc) is 2.88. The number of rotatable bonds is 6. The molecule has 0 amide bonds. The van der Waals surface area contributed by atoms with Crippen molar-refractivity contribution in [3.63, 3.8) is 0 Å².